The highest BCUT2D eigenvalue weighted by atomic mass is 16.5. The van der Waals surface area contributed by atoms with Crippen molar-refractivity contribution in [3.8, 4) is 0 Å². The first-order valence-electron chi connectivity index (χ1n) is 6.57. The Bertz CT molecular complexity index is 204. The van der Waals surface area contributed by atoms with E-state index in [-0.39, 0.29) is 0 Å². The molecule has 0 bridgehead atoms. The molecule has 2 aliphatic heterocycles. The molecule has 0 radical (unpaired) electrons. The Morgan fingerprint density at radius 1 is 1.19 bits per heavy atom. The summed E-state index contributed by atoms with van der Waals surface area (Å²) < 4.78 is 5.52. The van der Waals surface area contributed by atoms with Crippen LogP contribution in [0.2, 0.25) is 0 Å². The molecule has 2 aliphatic rings. The van der Waals surface area contributed by atoms with E-state index in [4.69, 9.17) is 10.5 Å². The minimum absolute atomic E-state index is 0.345. The summed E-state index contributed by atoms with van der Waals surface area (Å²) in [7, 11) is 0. The predicted octanol–water partition coefficient (Wildman–Crippen LogP) is -0.0123. The van der Waals surface area contributed by atoms with Gasteiger partial charge in [-0.15, -0.1) is 0 Å². The molecule has 0 saturated carbocycles. The van der Waals surface area contributed by atoms with Gasteiger partial charge in [-0.1, -0.05) is 6.92 Å². The summed E-state index contributed by atoms with van der Waals surface area (Å²) in [6.07, 6.45) is 1.03. The van der Waals surface area contributed by atoms with E-state index in [9.17, 15) is 0 Å². The van der Waals surface area contributed by atoms with Crippen LogP contribution in [0.3, 0.4) is 0 Å². The Hall–Kier alpha value is -0.160. The standard InChI is InChI=1S/C12H25N3O/c1-2-14-4-6-15(7-5-14)9-11-10-16-8-3-12(11)13/h11-12H,2-10,13H2,1H3. The largest absolute Gasteiger partial charge is 0.381 e. The molecule has 16 heavy (non-hydrogen) atoms. The van der Waals surface area contributed by atoms with Crippen LogP contribution in [-0.2, 0) is 4.74 Å². The molecule has 2 unspecified atom stereocenters. The molecule has 4 heteroatoms. The number of ether oxygens (including phenoxy) is 1. The smallest absolute Gasteiger partial charge is 0.0521 e. The molecule has 0 spiro atoms. The van der Waals surface area contributed by atoms with Gasteiger partial charge in [-0.3, -0.25) is 0 Å². The van der Waals surface area contributed by atoms with Crippen molar-refractivity contribution in [2.24, 2.45) is 11.7 Å². The molecule has 2 heterocycles. The monoisotopic (exact) mass is 227 g/mol. The van der Waals surface area contributed by atoms with Crippen molar-refractivity contribution in [3.05, 3.63) is 0 Å². The van der Waals surface area contributed by atoms with E-state index >= 15 is 0 Å². The molecule has 2 rings (SSSR count). The van der Waals surface area contributed by atoms with E-state index in [1.165, 1.54) is 32.7 Å². The fourth-order valence-corrected chi connectivity index (χ4v) is 2.62. The Labute approximate surface area is 98.7 Å². The highest BCUT2D eigenvalue weighted by Crippen LogP contribution is 2.15. The third-order valence-electron chi connectivity index (χ3n) is 3.94. The zero-order valence-electron chi connectivity index (χ0n) is 10.4. The summed E-state index contributed by atoms with van der Waals surface area (Å²) in [6.45, 7) is 11.0. The average molecular weight is 227 g/mol. The van der Waals surface area contributed by atoms with E-state index < -0.39 is 0 Å². The van der Waals surface area contributed by atoms with Crippen LogP contribution in [0.1, 0.15) is 13.3 Å². The van der Waals surface area contributed by atoms with E-state index in [0.717, 1.165) is 26.2 Å². The van der Waals surface area contributed by atoms with Crippen LogP contribution in [0.5, 0.6) is 0 Å². The molecule has 0 aromatic carbocycles. The third kappa shape index (κ3) is 3.17. The molecule has 0 aromatic heterocycles. The van der Waals surface area contributed by atoms with Crippen molar-refractivity contribution in [1.82, 2.24) is 9.80 Å². The highest BCUT2D eigenvalue weighted by Gasteiger charge is 2.26. The number of nitrogens with zero attached hydrogens (tertiary/aromatic N) is 2. The maximum atomic E-state index is 6.13. The van der Waals surface area contributed by atoms with E-state index in [0.29, 0.717) is 12.0 Å². The zero-order chi connectivity index (χ0) is 11.4. The van der Waals surface area contributed by atoms with Gasteiger partial charge in [0, 0.05) is 51.3 Å². The molecule has 2 fully saturated rings. The van der Waals surface area contributed by atoms with E-state index in [2.05, 4.69) is 16.7 Å². The Morgan fingerprint density at radius 2 is 1.88 bits per heavy atom. The van der Waals surface area contributed by atoms with Gasteiger partial charge in [-0.05, 0) is 13.0 Å². The van der Waals surface area contributed by atoms with Crippen LogP contribution in [0.4, 0.5) is 0 Å². The topological polar surface area (TPSA) is 41.7 Å². The predicted molar refractivity (Wildman–Crippen MR) is 65.5 cm³/mol. The van der Waals surface area contributed by atoms with Gasteiger partial charge >= 0.3 is 0 Å². The molecule has 0 amide bonds. The van der Waals surface area contributed by atoms with E-state index in [1.807, 2.05) is 0 Å². The van der Waals surface area contributed by atoms with Gasteiger partial charge < -0.3 is 20.3 Å². The van der Waals surface area contributed by atoms with Crippen molar-refractivity contribution in [2.75, 3.05) is 52.5 Å². The molecular weight excluding hydrogens is 202 g/mol. The lowest BCUT2D eigenvalue weighted by Gasteiger charge is -2.38. The fourth-order valence-electron chi connectivity index (χ4n) is 2.62. The number of piperazine rings is 1. The molecule has 2 atom stereocenters. The number of hydrogen-bond donors (Lipinski definition) is 1. The minimum Gasteiger partial charge on any atom is -0.381 e. The van der Waals surface area contributed by atoms with Crippen molar-refractivity contribution in [3.63, 3.8) is 0 Å². The first kappa shape index (κ1) is 12.3. The number of hydrogen-bond acceptors (Lipinski definition) is 4. The quantitative estimate of drug-likeness (QED) is 0.736. The molecule has 2 saturated heterocycles. The Balaban J connectivity index is 1.73. The van der Waals surface area contributed by atoms with Gasteiger partial charge in [0.2, 0.25) is 0 Å². The average Bonchev–Trinajstić information content (AvgIpc) is 2.33. The first-order valence-corrected chi connectivity index (χ1v) is 6.57. The lowest BCUT2D eigenvalue weighted by Crippen LogP contribution is -2.51. The maximum absolute atomic E-state index is 6.13. The summed E-state index contributed by atoms with van der Waals surface area (Å²) >= 11 is 0. The van der Waals surface area contributed by atoms with Crippen molar-refractivity contribution < 1.29 is 4.74 Å². The van der Waals surface area contributed by atoms with Crippen molar-refractivity contribution in [1.29, 1.82) is 0 Å². The van der Waals surface area contributed by atoms with Gasteiger partial charge in [0.05, 0.1) is 6.61 Å². The van der Waals surface area contributed by atoms with Crippen LogP contribution >= 0.6 is 0 Å². The van der Waals surface area contributed by atoms with Gasteiger partial charge in [0.1, 0.15) is 0 Å². The van der Waals surface area contributed by atoms with Gasteiger partial charge in [0.25, 0.3) is 0 Å². The number of rotatable bonds is 3. The summed E-state index contributed by atoms with van der Waals surface area (Å²) in [5, 5.41) is 0. The maximum Gasteiger partial charge on any atom is 0.0521 e. The van der Waals surface area contributed by atoms with Crippen LogP contribution < -0.4 is 5.73 Å². The summed E-state index contributed by atoms with van der Waals surface area (Å²) in [5.74, 6) is 0.543. The number of likely N-dealkylation sites (N-methyl/N-ethyl adjacent to an activating group) is 1. The van der Waals surface area contributed by atoms with Gasteiger partial charge in [-0.25, -0.2) is 0 Å². The summed E-state index contributed by atoms with van der Waals surface area (Å²) in [6, 6.07) is 0.345. The Morgan fingerprint density at radius 3 is 2.50 bits per heavy atom. The molecule has 94 valence electrons. The Kier molecular flexibility index (Phi) is 4.58. The van der Waals surface area contributed by atoms with Gasteiger partial charge in [-0.2, -0.15) is 0 Å². The second-order valence-corrected chi connectivity index (χ2v) is 5.02. The van der Waals surface area contributed by atoms with Crippen LogP contribution in [0.25, 0.3) is 0 Å². The second kappa shape index (κ2) is 5.96. The van der Waals surface area contributed by atoms with E-state index in [1.54, 1.807) is 0 Å². The van der Waals surface area contributed by atoms with Crippen molar-refractivity contribution >= 4 is 0 Å². The minimum atomic E-state index is 0.345. The molecule has 0 aromatic rings. The molecule has 2 N–H and O–H groups in total. The third-order valence-corrected chi connectivity index (χ3v) is 3.94. The first-order chi connectivity index (χ1) is 7.79. The molecule has 0 aliphatic carbocycles. The van der Waals surface area contributed by atoms with Crippen LogP contribution in [-0.4, -0.2) is 68.3 Å². The van der Waals surface area contributed by atoms with Crippen LogP contribution in [0, 0.1) is 5.92 Å². The number of nitrogens with two attached hydrogens (primary N) is 1. The molecule has 4 nitrogen and oxygen atoms in total. The summed E-state index contributed by atoms with van der Waals surface area (Å²) in [4.78, 5) is 5.05. The zero-order valence-corrected chi connectivity index (χ0v) is 10.4. The van der Waals surface area contributed by atoms with Gasteiger partial charge in [0.15, 0.2) is 0 Å². The van der Waals surface area contributed by atoms with Crippen LogP contribution in [0.15, 0.2) is 0 Å². The second-order valence-electron chi connectivity index (χ2n) is 5.02. The fraction of sp³-hybridized carbons (Fsp3) is 1.00. The SMILES string of the molecule is CCN1CCN(CC2COCCC2N)CC1. The lowest BCUT2D eigenvalue weighted by atomic mass is 9.96. The summed E-state index contributed by atoms with van der Waals surface area (Å²) in [5.41, 5.74) is 6.13. The lowest BCUT2D eigenvalue weighted by molar-refractivity contribution is 0.0178. The van der Waals surface area contributed by atoms with Crippen molar-refractivity contribution in [2.45, 2.75) is 19.4 Å². The normalized spacial score (nSPS) is 34.1. The highest BCUT2D eigenvalue weighted by molar-refractivity contribution is 4.81. The molecular formula is C12H25N3O.